The number of hydrazone groups is 1. The van der Waals surface area contributed by atoms with Crippen LogP contribution >= 0.6 is 34.8 Å². The number of nitrogens with zero attached hydrogens (tertiary/aromatic N) is 1. The van der Waals surface area contributed by atoms with E-state index >= 15 is 0 Å². The van der Waals surface area contributed by atoms with E-state index < -0.39 is 0 Å². The Balaban J connectivity index is 2.04. The van der Waals surface area contributed by atoms with Gasteiger partial charge >= 0.3 is 0 Å². The zero-order valence-corrected chi connectivity index (χ0v) is 13.1. The molecule has 0 radical (unpaired) electrons. The summed E-state index contributed by atoms with van der Waals surface area (Å²) in [6, 6.07) is 12.9. The van der Waals surface area contributed by atoms with Crippen molar-refractivity contribution in [2.45, 2.75) is 13.5 Å². The molecule has 2 rings (SSSR count). The Kier molecular flexibility index (Phi) is 5.30. The Hall–Kier alpha value is -1.22. The van der Waals surface area contributed by atoms with Crippen LogP contribution < -0.4 is 5.43 Å². The second-order valence-electron chi connectivity index (χ2n) is 4.24. The molecule has 0 unspecified atom stereocenters. The number of benzene rings is 2. The average Bonchev–Trinajstić information content (AvgIpc) is 2.42. The lowest BCUT2D eigenvalue weighted by Crippen LogP contribution is -2.10. The molecule has 0 bridgehead atoms. The third kappa shape index (κ3) is 3.89. The van der Waals surface area contributed by atoms with Crippen molar-refractivity contribution in [3.63, 3.8) is 0 Å². The SMILES string of the molecule is C/C(=N\NCc1c(Cl)cccc1Cl)c1ccc(Cl)cc1. The van der Waals surface area contributed by atoms with E-state index in [4.69, 9.17) is 34.8 Å². The number of hydrogen-bond donors (Lipinski definition) is 1. The zero-order valence-electron chi connectivity index (χ0n) is 10.8. The van der Waals surface area contributed by atoms with Crippen LogP contribution in [0.25, 0.3) is 0 Å². The van der Waals surface area contributed by atoms with Gasteiger partial charge in [-0.2, -0.15) is 5.10 Å². The maximum absolute atomic E-state index is 6.09. The molecule has 2 aromatic carbocycles. The van der Waals surface area contributed by atoms with E-state index in [2.05, 4.69) is 10.5 Å². The van der Waals surface area contributed by atoms with Crippen LogP contribution in [0.15, 0.2) is 47.6 Å². The molecule has 0 aliphatic heterocycles. The van der Waals surface area contributed by atoms with Crippen LogP contribution in [0.4, 0.5) is 0 Å². The molecular formula is C15H13Cl3N2. The first-order valence-electron chi connectivity index (χ1n) is 6.04. The van der Waals surface area contributed by atoms with Crippen molar-refractivity contribution in [3.05, 3.63) is 68.7 Å². The maximum atomic E-state index is 6.09. The van der Waals surface area contributed by atoms with Crippen molar-refractivity contribution in [1.29, 1.82) is 0 Å². The molecule has 104 valence electrons. The molecular weight excluding hydrogens is 315 g/mol. The van der Waals surface area contributed by atoms with Crippen molar-refractivity contribution >= 4 is 40.5 Å². The molecule has 0 saturated carbocycles. The Morgan fingerprint density at radius 3 is 2.20 bits per heavy atom. The normalized spacial score (nSPS) is 11.5. The van der Waals surface area contributed by atoms with Crippen molar-refractivity contribution in [2.24, 2.45) is 5.10 Å². The van der Waals surface area contributed by atoms with Gasteiger partial charge in [0.2, 0.25) is 0 Å². The molecule has 0 amide bonds. The van der Waals surface area contributed by atoms with E-state index in [0.717, 1.165) is 16.8 Å². The Labute approximate surface area is 133 Å². The van der Waals surface area contributed by atoms with Crippen LogP contribution in [-0.4, -0.2) is 5.71 Å². The predicted octanol–water partition coefficient (Wildman–Crippen LogP) is 5.16. The van der Waals surface area contributed by atoms with Gasteiger partial charge in [-0.15, -0.1) is 0 Å². The first-order valence-corrected chi connectivity index (χ1v) is 7.17. The minimum Gasteiger partial charge on any atom is -0.305 e. The quantitative estimate of drug-likeness (QED) is 0.608. The number of hydrogen-bond acceptors (Lipinski definition) is 2. The Morgan fingerprint density at radius 2 is 1.60 bits per heavy atom. The van der Waals surface area contributed by atoms with E-state index in [1.807, 2.05) is 37.3 Å². The van der Waals surface area contributed by atoms with E-state index in [1.54, 1.807) is 12.1 Å². The number of halogens is 3. The number of nitrogens with one attached hydrogen (secondary N) is 1. The Bertz CT molecular complexity index is 601. The van der Waals surface area contributed by atoms with Crippen LogP contribution in [0.5, 0.6) is 0 Å². The maximum Gasteiger partial charge on any atom is 0.0644 e. The summed E-state index contributed by atoms with van der Waals surface area (Å²) >= 11 is 18.0. The van der Waals surface area contributed by atoms with Crippen LogP contribution in [0, 0.1) is 0 Å². The molecule has 0 atom stereocenters. The smallest absolute Gasteiger partial charge is 0.0644 e. The highest BCUT2D eigenvalue weighted by atomic mass is 35.5. The molecule has 0 aliphatic rings. The van der Waals surface area contributed by atoms with Gasteiger partial charge in [-0.25, -0.2) is 0 Å². The summed E-state index contributed by atoms with van der Waals surface area (Å²) in [5.74, 6) is 0. The van der Waals surface area contributed by atoms with Crippen LogP contribution in [-0.2, 0) is 6.54 Å². The summed E-state index contributed by atoms with van der Waals surface area (Å²) in [5, 5.41) is 6.27. The molecule has 0 spiro atoms. The molecule has 0 aromatic heterocycles. The first kappa shape index (κ1) is 15.2. The van der Waals surface area contributed by atoms with Crippen LogP contribution in [0.2, 0.25) is 15.1 Å². The Morgan fingerprint density at radius 1 is 1.00 bits per heavy atom. The fraction of sp³-hybridized carbons (Fsp3) is 0.133. The highest BCUT2D eigenvalue weighted by Gasteiger charge is 2.04. The molecule has 0 saturated heterocycles. The minimum absolute atomic E-state index is 0.476. The minimum atomic E-state index is 0.476. The number of rotatable bonds is 4. The van der Waals surface area contributed by atoms with Crippen molar-refractivity contribution in [3.8, 4) is 0 Å². The van der Waals surface area contributed by atoms with Crippen molar-refractivity contribution in [2.75, 3.05) is 0 Å². The summed E-state index contributed by atoms with van der Waals surface area (Å²) < 4.78 is 0. The van der Waals surface area contributed by atoms with Gasteiger partial charge in [-0.1, -0.05) is 53.0 Å². The van der Waals surface area contributed by atoms with Gasteiger partial charge in [0.25, 0.3) is 0 Å². The second kappa shape index (κ2) is 6.98. The summed E-state index contributed by atoms with van der Waals surface area (Å²) in [4.78, 5) is 0. The lowest BCUT2D eigenvalue weighted by atomic mass is 10.1. The first-order chi connectivity index (χ1) is 9.58. The molecule has 0 aliphatic carbocycles. The summed E-state index contributed by atoms with van der Waals surface area (Å²) in [6.45, 7) is 2.40. The fourth-order valence-electron chi connectivity index (χ4n) is 1.69. The predicted molar refractivity (Wildman–Crippen MR) is 87.0 cm³/mol. The van der Waals surface area contributed by atoms with Crippen LogP contribution in [0.3, 0.4) is 0 Å². The standard InChI is InChI=1S/C15H13Cl3N2/c1-10(11-5-7-12(16)8-6-11)20-19-9-13-14(17)3-2-4-15(13)18/h2-8,19H,9H2,1H3/b20-10+. The lowest BCUT2D eigenvalue weighted by Gasteiger charge is -2.07. The van der Waals surface area contributed by atoms with Crippen LogP contribution in [0.1, 0.15) is 18.1 Å². The highest BCUT2D eigenvalue weighted by molar-refractivity contribution is 6.36. The molecule has 0 fully saturated rings. The van der Waals surface area contributed by atoms with Gasteiger partial charge < -0.3 is 5.43 Å². The average molecular weight is 328 g/mol. The molecule has 2 nitrogen and oxygen atoms in total. The fourth-order valence-corrected chi connectivity index (χ4v) is 2.35. The molecule has 20 heavy (non-hydrogen) atoms. The summed E-state index contributed by atoms with van der Waals surface area (Å²) in [6.07, 6.45) is 0. The van der Waals surface area contributed by atoms with Gasteiger partial charge in [-0.3, -0.25) is 0 Å². The van der Waals surface area contributed by atoms with Crippen molar-refractivity contribution in [1.82, 2.24) is 5.43 Å². The third-order valence-corrected chi connectivity index (χ3v) is 3.79. The van der Waals surface area contributed by atoms with E-state index in [0.29, 0.717) is 21.6 Å². The molecule has 5 heteroatoms. The van der Waals surface area contributed by atoms with E-state index in [-0.39, 0.29) is 0 Å². The molecule has 2 aromatic rings. The van der Waals surface area contributed by atoms with Gasteiger partial charge in [0.05, 0.1) is 12.3 Å². The zero-order chi connectivity index (χ0) is 14.5. The van der Waals surface area contributed by atoms with Gasteiger partial charge in [0.1, 0.15) is 0 Å². The largest absolute Gasteiger partial charge is 0.305 e. The van der Waals surface area contributed by atoms with Gasteiger partial charge in [-0.05, 0) is 36.8 Å². The van der Waals surface area contributed by atoms with Gasteiger partial charge in [0, 0.05) is 20.6 Å². The topological polar surface area (TPSA) is 24.4 Å². The summed E-state index contributed by atoms with van der Waals surface area (Å²) in [7, 11) is 0. The molecule has 0 heterocycles. The highest BCUT2D eigenvalue weighted by Crippen LogP contribution is 2.23. The molecule has 1 N–H and O–H groups in total. The van der Waals surface area contributed by atoms with E-state index in [9.17, 15) is 0 Å². The van der Waals surface area contributed by atoms with Crippen molar-refractivity contribution < 1.29 is 0 Å². The summed E-state index contributed by atoms with van der Waals surface area (Å²) in [5.41, 5.74) is 5.69. The third-order valence-electron chi connectivity index (χ3n) is 2.83. The second-order valence-corrected chi connectivity index (χ2v) is 5.49. The van der Waals surface area contributed by atoms with E-state index in [1.165, 1.54) is 0 Å². The monoisotopic (exact) mass is 326 g/mol. The van der Waals surface area contributed by atoms with Gasteiger partial charge in [0.15, 0.2) is 0 Å². The lowest BCUT2D eigenvalue weighted by molar-refractivity contribution is 0.744.